The summed E-state index contributed by atoms with van der Waals surface area (Å²) in [5, 5.41) is 2.68. The Hall–Kier alpha value is -3.02. The Balaban J connectivity index is 2.18. The Labute approximate surface area is 139 Å². The quantitative estimate of drug-likeness (QED) is 0.674. The van der Waals surface area contributed by atoms with Crippen LogP contribution in [0.1, 0.15) is 50.7 Å². The number of nitrogens with zero attached hydrogens (tertiary/aromatic N) is 1. The van der Waals surface area contributed by atoms with Gasteiger partial charge in [0.05, 0.1) is 17.9 Å². The van der Waals surface area contributed by atoms with Gasteiger partial charge in [0, 0.05) is 11.3 Å². The molecule has 2 rings (SSSR count). The van der Waals surface area contributed by atoms with Gasteiger partial charge in [-0.25, -0.2) is 9.78 Å². The second-order valence-corrected chi connectivity index (χ2v) is 5.14. The summed E-state index contributed by atoms with van der Waals surface area (Å²) in [5.41, 5.74) is 1.93. The average Bonchev–Trinajstić information content (AvgIpc) is 2.55. The highest BCUT2D eigenvalue weighted by molar-refractivity contribution is 6.04. The minimum absolute atomic E-state index is 0.0844. The van der Waals surface area contributed by atoms with Crippen LogP contribution >= 0.6 is 0 Å². The summed E-state index contributed by atoms with van der Waals surface area (Å²) in [4.78, 5) is 39.6. The number of benzene rings is 1. The monoisotopic (exact) mass is 326 g/mol. The third kappa shape index (κ3) is 4.04. The van der Waals surface area contributed by atoms with Crippen molar-refractivity contribution in [3.05, 3.63) is 58.9 Å². The van der Waals surface area contributed by atoms with Gasteiger partial charge in [-0.05, 0) is 45.0 Å². The van der Waals surface area contributed by atoms with Crippen LogP contribution in [0, 0.1) is 6.92 Å². The van der Waals surface area contributed by atoms with Crippen LogP contribution in [0.25, 0.3) is 0 Å². The zero-order valence-corrected chi connectivity index (χ0v) is 13.8. The number of anilines is 1. The highest BCUT2D eigenvalue weighted by Gasteiger charge is 2.15. The molecule has 0 aliphatic rings. The van der Waals surface area contributed by atoms with Gasteiger partial charge in [-0.1, -0.05) is 12.1 Å². The minimum Gasteiger partial charge on any atom is -0.462 e. The lowest BCUT2D eigenvalue weighted by Crippen LogP contribution is -2.16. The smallest absolute Gasteiger partial charge is 0.339 e. The zero-order valence-electron chi connectivity index (χ0n) is 13.8. The molecule has 1 amide bonds. The van der Waals surface area contributed by atoms with Crippen molar-refractivity contribution in [2.45, 2.75) is 20.8 Å². The van der Waals surface area contributed by atoms with E-state index >= 15 is 0 Å². The number of ketones is 1. The van der Waals surface area contributed by atoms with E-state index in [9.17, 15) is 14.4 Å². The van der Waals surface area contributed by atoms with Gasteiger partial charge in [0.1, 0.15) is 5.69 Å². The van der Waals surface area contributed by atoms with E-state index in [2.05, 4.69) is 10.3 Å². The number of aromatic nitrogens is 1. The van der Waals surface area contributed by atoms with E-state index in [1.807, 2.05) is 0 Å². The van der Waals surface area contributed by atoms with Crippen LogP contribution in [0.15, 0.2) is 36.4 Å². The van der Waals surface area contributed by atoms with E-state index in [1.54, 1.807) is 38.1 Å². The summed E-state index contributed by atoms with van der Waals surface area (Å²) in [6.07, 6.45) is 0. The fourth-order valence-corrected chi connectivity index (χ4v) is 2.12. The van der Waals surface area contributed by atoms with Crippen molar-refractivity contribution in [2.24, 2.45) is 0 Å². The van der Waals surface area contributed by atoms with E-state index in [0.29, 0.717) is 22.5 Å². The average molecular weight is 326 g/mol. The Bertz CT molecular complexity index is 799. The summed E-state index contributed by atoms with van der Waals surface area (Å²) in [6.45, 7) is 5.09. The van der Waals surface area contributed by atoms with Crippen molar-refractivity contribution in [1.29, 1.82) is 0 Å². The lowest BCUT2D eigenvalue weighted by atomic mass is 10.1. The number of carbonyl (C=O) groups is 3. The number of hydrogen-bond acceptors (Lipinski definition) is 5. The van der Waals surface area contributed by atoms with Gasteiger partial charge < -0.3 is 10.1 Å². The Morgan fingerprint density at radius 2 is 1.92 bits per heavy atom. The highest BCUT2D eigenvalue weighted by Crippen LogP contribution is 2.14. The minimum atomic E-state index is -0.469. The Morgan fingerprint density at radius 3 is 2.54 bits per heavy atom. The molecule has 0 saturated carbocycles. The molecule has 24 heavy (non-hydrogen) atoms. The van der Waals surface area contributed by atoms with Crippen molar-refractivity contribution >= 4 is 23.3 Å². The summed E-state index contributed by atoms with van der Waals surface area (Å²) in [7, 11) is 0. The van der Waals surface area contributed by atoms with E-state index < -0.39 is 11.9 Å². The van der Waals surface area contributed by atoms with Crippen LogP contribution in [0.4, 0.5) is 5.69 Å². The SMILES string of the molecule is CCOC(=O)c1ccc(C(=O)Nc2cccc(C(C)=O)c2)nc1C. The maximum absolute atomic E-state index is 12.3. The third-order valence-electron chi connectivity index (χ3n) is 3.34. The molecular formula is C18H18N2O4. The largest absolute Gasteiger partial charge is 0.462 e. The molecular weight excluding hydrogens is 308 g/mol. The number of pyridine rings is 1. The van der Waals surface area contributed by atoms with Gasteiger partial charge in [-0.3, -0.25) is 9.59 Å². The van der Waals surface area contributed by atoms with Crippen LogP contribution in [0.2, 0.25) is 0 Å². The molecule has 0 unspecified atom stereocenters. The molecule has 2 aromatic rings. The number of hydrogen-bond donors (Lipinski definition) is 1. The van der Waals surface area contributed by atoms with Crippen molar-refractivity contribution in [3.63, 3.8) is 0 Å². The molecule has 1 N–H and O–H groups in total. The van der Waals surface area contributed by atoms with Crippen molar-refractivity contribution in [1.82, 2.24) is 4.98 Å². The fraction of sp³-hybridized carbons (Fsp3) is 0.222. The molecule has 124 valence electrons. The molecule has 0 fully saturated rings. The summed E-state index contributed by atoms with van der Waals surface area (Å²) in [5.74, 6) is -0.975. The van der Waals surface area contributed by atoms with Crippen LogP contribution in [-0.4, -0.2) is 29.3 Å². The first kappa shape index (κ1) is 17.3. The topological polar surface area (TPSA) is 85.4 Å². The number of amides is 1. The van der Waals surface area contributed by atoms with Gasteiger partial charge in [0.15, 0.2) is 5.78 Å². The molecule has 6 heteroatoms. The second kappa shape index (κ2) is 7.50. The zero-order chi connectivity index (χ0) is 17.7. The molecule has 1 aromatic heterocycles. The van der Waals surface area contributed by atoms with Crippen molar-refractivity contribution < 1.29 is 19.1 Å². The number of aryl methyl sites for hydroxylation is 1. The maximum atomic E-state index is 12.3. The number of carbonyl (C=O) groups excluding carboxylic acids is 3. The summed E-state index contributed by atoms with van der Waals surface area (Å²) in [6, 6.07) is 9.62. The first-order chi connectivity index (χ1) is 11.4. The van der Waals surface area contributed by atoms with Crippen molar-refractivity contribution in [3.8, 4) is 0 Å². The van der Waals surface area contributed by atoms with Crippen LogP contribution in [0.3, 0.4) is 0 Å². The van der Waals surface area contributed by atoms with Gasteiger partial charge in [0.2, 0.25) is 0 Å². The second-order valence-electron chi connectivity index (χ2n) is 5.14. The molecule has 0 bridgehead atoms. The molecule has 1 heterocycles. The van der Waals surface area contributed by atoms with Crippen molar-refractivity contribution in [2.75, 3.05) is 11.9 Å². The van der Waals surface area contributed by atoms with Crippen LogP contribution in [0.5, 0.6) is 0 Å². The van der Waals surface area contributed by atoms with E-state index in [-0.39, 0.29) is 18.1 Å². The van der Waals surface area contributed by atoms with E-state index in [1.165, 1.54) is 19.1 Å². The normalized spacial score (nSPS) is 10.1. The first-order valence-corrected chi connectivity index (χ1v) is 7.49. The lowest BCUT2D eigenvalue weighted by Gasteiger charge is -2.08. The highest BCUT2D eigenvalue weighted by atomic mass is 16.5. The molecule has 0 saturated heterocycles. The lowest BCUT2D eigenvalue weighted by molar-refractivity contribution is 0.0524. The molecule has 6 nitrogen and oxygen atoms in total. The van der Waals surface area contributed by atoms with Crippen LogP contribution in [-0.2, 0) is 4.74 Å². The molecule has 1 aromatic carbocycles. The van der Waals surface area contributed by atoms with Gasteiger partial charge >= 0.3 is 5.97 Å². The molecule has 0 aliphatic carbocycles. The fourth-order valence-electron chi connectivity index (χ4n) is 2.12. The summed E-state index contributed by atoms with van der Waals surface area (Å²) < 4.78 is 4.93. The van der Waals surface area contributed by atoms with E-state index in [4.69, 9.17) is 4.74 Å². The third-order valence-corrected chi connectivity index (χ3v) is 3.34. The number of Topliss-reactive ketones (excluding diaryl/α,β-unsaturated/α-hetero) is 1. The molecule has 0 radical (unpaired) electrons. The molecule has 0 atom stereocenters. The predicted molar refractivity (Wildman–Crippen MR) is 89.3 cm³/mol. The maximum Gasteiger partial charge on any atom is 0.339 e. The first-order valence-electron chi connectivity index (χ1n) is 7.49. The van der Waals surface area contributed by atoms with Gasteiger partial charge in [0.25, 0.3) is 5.91 Å². The number of nitrogens with one attached hydrogen (secondary N) is 1. The standard InChI is InChI=1S/C18H18N2O4/c1-4-24-18(23)15-8-9-16(19-11(15)2)17(22)20-14-7-5-6-13(10-14)12(3)21/h5-10H,4H2,1-3H3,(H,20,22). The number of rotatable bonds is 5. The van der Waals surface area contributed by atoms with Gasteiger partial charge in [-0.15, -0.1) is 0 Å². The van der Waals surface area contributed by atoms with Crippen LogP contribution < -0.4 is 5.32 Å². The number of ether oxygens (including phenoxy) is 1. The van der Waals surface area contributed by atoms with Gasteiger partial charge in [-0.2, -0.15) is 0 Å². The molecule has 0 spiro atoms. The molecule has 0 aliphatic heterocycles. The van der Waals surface area contributed by atoms with E-state index in [0.717, 1.165) is 0 Å². The summed E-state index contributed by atoms with van der Waals surface area (Å²) >= 11 is 0. The number of esters is 1. The Kier molecular flexibility index (Phi) is 5.42. The predicted octanol–water partition coefficient (Wildman–Crippen LogP) is 3.02. The Morgan fingerprint density at radius 1 is 1.17 bits per heavy atom.